The van der Waals surface area contributed by atoms with E-state index >= 15 is 0 Å². The molecule has 0 aliphatic carbocycles. The third-order valence-electron chi connectivity index (χ3n) is 8.08. The fourth-order valence-electron chi connectivity index (χ4n) is 4.85. The summed E-state index contributed by atoms with van der Waals surface area (Å²) in [7, 11) is 0. The Bertz CT molecular complexity index is 1400. The standard InChI is InChI=1S/C50H74N2O6/c1-3-5-7-9-11-13-15-17-19-21-23-25-27-29-31-33-35-37-39-41-48(55)51-43-47(50(57)58-46(44-53)45-54)52-49(56)42-40-38-36-34-32-30-28-26-24-22-20-18-16-14-12-10-8-6-4-2/h5-8,11-14,17-20,23-26,29-32,35-38,46-47,53-54H,3-4,9-10,15-16,21-22,27-28,33-34,39-45H2,1-2H3,(H,51,55)(H,52,56)/t47-/m0/s1. The molecule has 0 aromatic rings. The van der Waals surface area contributed by atoms with E-state index in [1.165, 1.54) is 0 Å². The van der Waals surface area contributed by atoms with Crippen LogP contribution in [0.15, 0.2) is 146 Å². The molecule has 0 unspecified atom stereocenters. The molecule has 0 aliphatic rings. The molecule has 2 amide bonds. The van der Waals surface area contributed by atoms with Crippen LogP contribution in [0, 0.1) is 0 Å². The summed E-state index contributed by atoms with van der Waals surface area (Å²) in [5.74, 6) is -1.49. The van der Waals surface area contributed by atoms with Gasteiger partial charge in [0.2, 0.25) is 11.8 Å². The first-order valence-electron chi connectivity index (χ1n) is 21.3. The van der Waals surface area contributed by atoms with E-state index in [9.17, 15) is 24.6 Å². The fraction of sp³-hybridized carbons (Fsp3) is 0.460. The van der Waals surface area contributed by atoms with Crippen LogP contribution < -0.4 is 10.6 Å². The van der Waals surface area contributed by atoms with Gasteiger partial charge in [0.25, 0.3) is 0 Å². The van der Waals surface area contributed by atoms with Crippen molar-refractivity contribution >= 4 is 17.8 Å². The molecule has 58 heavy (non-hydrogen) atoms. The van der Waals surface area contributed by atoms with Crippen LogP contribution in [0.3, 0.4) is 0 Å². The molecular formula is C50H74N2O6. The van der Waals surface area contributed by atoms with Crippen LogP contribution in [-0.4, -0.2) is 59.9 Å². The van der Waals surface area contributed by atoms with Crippen molar-refractivity contribution in [2.45, 2.75) is 129 Å². The lowest BCUT2D eigenvalue weighted by Crippen LogP contribution is -2.50. The average molecular weight is 799 g/mol. The lowest BCUT2D eigenvalue weighted by atomic mass is 10.2. The van der Waals surface area contributed by atoms with Gasteiger partial charge in [0.1, 0.15) is 12.1 Å². The molecule has 0 aliphatic heterocycles. The Morgan fingerprint density at radius 3 is 1.05 bits per heavy atom. The molecule has 0 aromatic heterocycles. The molecular weight excluding hydrogens is 725 g/mol. The number of nitrogens with one attached hydrogen (secondary N) is 2. The summed E-state index contributed by atoms with van der Waals surface area (Å²) in [4.78, 5) is 37.9. The highest BCUT2D eigenvalue weighted by molar-refractivity contribution is 5.85. The van der Waals surface area contributed by atoms with E-state index in [4.69, 9.17) is 4.74 Å². The minimum absolute atomic E-state index is 0.145. The topological polar surface area (TPSA) is 125 Å². The normalized spacial score (nSPS) is 13.6. The molecule has 8 heteroatoms. The van der Waals surface area contributed by atoms with Gasteiger partial charge in [0.15, 0.2) is 0 Å². The largest absolute Gasteiger partial charge is 0.456 e. The highest BCUT2D eigenvalue weighted by Gasteiger charge is 2.25. The number of esters is 1. The summed E-state index contributed by atoms with van der Waals surface area (Å²) >= 11 is 0. The van der Waals surface area contributed by atoms with Gasteiger partial charge in [-0.05, 0) is 89.9 Å². The number of rotatable bonds is 35. The van der Waals surface area contributed by atoms with E-state index in [1.807, 2.05) is 24.3 Å². The maximum atomic E-state index is 12.7. The molecule has 0 spiro atoms. The van der Waals surface area contributed by atoms with Crippen LogP contribution in [0.1, 0.15) is 117 Å². The van der Waals surface area contributed by atoms with Gasteiger partial charge in [-0.2, -0.15) is 0 Å². The molecule has 0 heterocycles. The zero-order chi connectivity index (χ0) is 42.4. The number of hydrogen-bond donors (Lipinski definition) is 4. The third kappa shape index (κ3) is 38.1. The van der Waals surface area contributed by atoms with Gasteiger partial charge in [-0.3, -0.25) is 9.59 Å². The highest BCUT2D eigenvalue weighted by atomic mass is 16.6. The Hall–Kier alpha value is -4.79. The van der Waals surface area contributed by atoms with Crippen LogP contribution in [-0.2, 0) is 19.1 Å². The van der Waals surface area contributed by atoms with Crippen LogP contribution >= 0.6 is 0 Å². The van der Waals surface area contributed by atoms with Gasteiger partial charge in [-0.15, -0.1) is 0 Å². The first-order valence-corrected chi connectivity index (χ1v) is 21.3. The summed E-state index contributed by atoms with van der Waals surface area (Å²) < 4.78 is 5.12. The van der Waals surface area contributed by atoms with Gasteiger partial charge in [-0.1, -0.05) is 160 Å². The van der Waals surface area contributed by atoms with E-state index in [-0.39, 0.29) is 31.2 Å². The first kappa shape index (κ1) is 53.2. The average Bonchev–Trinajstić information content (AvgIpc) is 3.22. The zero-order valence-electron chi connectivity index (χ0n) is 35.5. The predicted molar refractivity (Wildman–Crippen MR) is 244 cm³/mol. The van der Waals surface area contributed by atoms with Crippen LogP contribution in [0.4, 0.5) is 0 Å². The van der Waals surface area contributed by atoms with Crippen molar-refractivity contribution in [3.8, 4) is 0 Å². The Labute approximate surface area is 351 Å². The Kier molecular flexibility index (Phi) is 39.8. The highest BCUT2D eigenvalue weighted by Crippen LogP contribution is 2.02. The molecule has 0 rings (SSSR count). The lowest BCUT2D eigenvalue weighted by Gasteiger charge is -2.21. The van der Waals surface area contributed by atoms with Gasteiger partial charge < -0.3 is 25.6 Å². The summed E-state index contributed by atoms with van der Waals surface area (Å²) in [6.07, 6.45) is 62.4. The summed E-state index contributed by atoms with van der Waals surface area (Å²) in [6.45, 7) is 2.97. The van der Waals surface area contributed by atoms with E-state index in [0.29, 0.717) is 12.8 Å². The molecule has 0 radical (unpaired) electrons. The summed E-state index contributed by atoms with van der Waals surface area (Å²) in [5.41, 5.74) is 0. The van der Waals surface area contributed by atoms with Crippen LogP contribution in [0.5, 0.6) is 0 Å². The Morgan fingerprint density at radius 2 is 0.741 bits per heavy atom. The summed E-state index contributed by atoms with van der Waals surface area (Å²) in [5, 5.41) is 24.0. The van der Waals surface area contributed by atoms with Gasteiger partial charge in [0.05, 0.1) is 13.2 Å². The van der Waals surface area contributed by atoms with Gasteiger partial charge >= 0.3 is 5.97 Å². The summed E-state index contributed by atoms with van der Waals surface area (Å²) in [6, 6.07) is -1.16. The smallest absolute Gasteiger partial charge is 0.330 e. The maximum Gasteiger partial charge on any atom is 0.330 e. The number of ether oxygens (including phenoxy) is 1. The van der Waals surface area contributed by atoms with Gasteiger partial charge in [-0.25, -0.2) is 4.79 Å². The monoisotopic (exact) mass is 799 g/mol. The van der Waals surface area contributed by atoms with Gasteiger partial charge in [0, 0.05) is 19.4 Å². The zero-order valence-corrected chi connectivity index (χ0v) is 35.5. The van der Waals surface area contributed by atoms with Crippen molar-refractivity contribution in [1.29, 1.82) is 0 Å². The number of aliphatic hydroxyl groups is 2. The first-order chi connectivity index (χ1) is 28.5. The van der Waals surface area contributed by atoms with Crippen molar-refractivity contribution in [2.75, 3.05) is 19.8 Å². The fourth-order valence-corrected chi connectivity index (χ4v) is 4.85. The number of carbonyl (C=O) groups excluding carboxylic acids is 3. The van der Waals surface area contributed by atoms with Crippen molar-refractivity contribution in [3.05, 3.63) is 146 Å². The maximum absolute atomic E-state index is 12.7. The van der Waals surface area contributed by atoms with Crippen molar-refractivity contribution in [2.24, 2.45) is 0 Å². The van der Waals surface area contributed by atoms with Crippen molar-refractivity contribution in [3.63, 3.8) is 0 Å². The number of aliphatic hydroxyl groups excluding tert-OH is 2. The molecule has 0 bridgehead atoms. The number of carbonyl (C=O) groups is 3. The van der Waals surface area contributed by atoms with Crippen molar-refractivity contribution < 1.29 is 29.3 Å². The SMILES string of the molecule is CCC=CCC=CCC=CCC=CCC=CCC=CCCC(=O)NC[C@H](NC(=O)CCC=CCC=CCC=CCC=CCC=CCC=CCC)C(=O)OC(CO)CO. The van der Waals surface area contributed by atoms with E-state index < -0.39 is 31.3 Å². The molecule has 0 fully saturated rings. The second-order valence-electron chi connectivity index (χ2n) is 13.3. The number of amides is 2. The number of allylic oxidation sites excluding steroid dienone is 24. The molecule has 0 saturated carbocycles. The molecule has 4 N–H and O–H groups in total. The predicted octanol–water partition coefficient (Wildman–Crippen LogP) is 10.4. The minimum atomic E-state index is -1.16. The second kappa shape index (κ2) is 43.3. The molecule has 1 atom stereocenters. The van der Waals surface area contributed by atoms with Crippen molar-refractivity contribution in [1.82, 2.24) is 10.6 Å². The lowest BCUT2D eigenvalue weighted by molar-refractivity contribution is -0.157. The number of hydrogen-bond acceptors (Lipinski definition) is 6. The van der Waals surface area contributed by atoms with E-state index in [0.717, 1.165) is 77.0 Å². The van der Waals surface area contributed by atoms with Crippen LogP contribution in [0.25, 0.3) is 0 Å². The third-order valence-corrected chi connectivity index (χ3v) is 8.08. The second-order valence-corrected chi connectivity index (χ2v) is 13.3. The van der Waals surface area contributed by atoms with E-state index in [2.05, 4.69) is 146 Å². The quantitative estimate of drug-likeness (QED) is 0.0374. The molecule has 0 saturated heterocycles. The molecule has 0 aromatic carbocycles. The molecule has 320 valence electrons. The minimum Gasteiger partial charge on any atom is -0.456 e. The molecule has 8 nitrogen and oxygen atoms in total. The Balaban J connectivity index is 4.42. The van der Waals surface area contributed by atoms with E-state index in [1.54, 1.807) is 0 Å². The van der Waals surface area contributed by atoms with Crippen LogP contribution in [0.2, 0.25) is 0 Å². The Morgan fingerprint density at radius 1 is 0.448 bits per heavy atom.